The van der Waals surface area contributed by atoms with Crippen molar-refractivity contribution in [1.29, 1.82) is 0 Å². The molecule has 1 aliphatic heterocycles. The lowest BCUT2D eigenvalue weighted by Gasteiger charge is -2.44. The van der Waals surface area contributed by atoms with E-state index in [1.165, 1.54) is 0 Å². The predicted octanol–water partition coefficient (Wildman–Crippen LogP) is 2.84. The summed E-state index contributed by atoms with van der Waals surface area (Å²) in [5.74, 6) is 2.89. The largest absolute Gasteiger partial charge is 0.493 e. The van der Waals surface area contributed by atoms with Crippen LogP contribution in [0.5, 0.6) is 11.5 Å². The number of fused-ring (bicyclic) bond motifs is 3. The molecule has 1 saturated carbocycles. The van der Waals surface area contributed by atoms with Crippen LogP contribution in [0.2, 0.25) is 0 Å². The average molecular weight is 422 g/mol. The monoisotopic (exact) mass is 422 g/mol. The van der Waals surface area contributed by atoms with Crippen LogP contribution in [-0.2, 0) is 13.6 Å². The number of hydrogen-bond donors (Lipinski definition) is 0. The van der Waals surface area contributed by atoms with Gasteiger partial charge in [0.1, 0.15) is 5.69 Å². The fourth-order valence-electron chi connectivity index (χ4n) is 4.88. The van der Waals surface area contributed by atoms with Gasteiger partial charge in [0.05, 0.1) is 32.8 Å². The fraction of sp³-hybridized carbons (Fsp3) is 0.455. The van der Waals surface area contributed by atoms with Gasteiger partial charge in [-0.25, -0.2) is 0 Å². The molecule has 31 heavy (non-hydrogen) atoms. The minimum absolute atomic E-state index is 0.0422. The summed E-state index contributed by atoms with van der Waals surface area (Å²) in [6.07, 6.45) is 5.98. The highest BCUT2D eigenvalue weighted by Crippen LogP contribution is 2.41. The summed E-state index contributed by atoms with van der Waals surface area (Å²) >= 11 is 0. The molecule has 1 aliphatic carbocycles. The molecule has 0 bridgehead atoms. The third-order valence-corrected chi connectivity index (χ3v) is 6.34. The molecule has 0 spiro atoms. The number of amides is 1. The highest BCUT2D eigenvalue weighted by molar-refractivity contribution is 5.92. The van der Waals surface area contributed by atoms with Gasteiger partial charge in [-0.2, -0.15) is 5.10 Å². The summed E-state index contributed by atoms with van der Waals surface area (Å²) in [6, 6.07) is 7.80. The molecule has 2 aromatic heterocycles. The van der Waals surface area contributed by atoms with Gasteiger partial charge in [-0.15, -0.1) is 10.2 Å². The lowest BCUT2D eigenvalue weighted by molar-refractivity contribution is 0.0414. The predicted molar refractivity (Wildman–Crippen MR) is 113 cm³/mol. The zero-order valence-electron chi connectivity index (χ0n) is 18.0. The van der Waals surface area contributed by atoms with Crippen molar-refractivity contribution in [2.45, 2.75) is 44.3 Å². The maximum atomic E-state index is 13.3. The lowest BCUT2D eigenvalue weighted by atomic mass is 9.87. The fourth-order valence-corrected chi connectivity index (χ4v) is 4.88. The van der Waals surface area contributed by atoms with Gasteiger partial charge < -0.3 is 18.9 Å². The number of aryl methyl sites for hydroxylation is 1. The third-order valence-electron chi connectivity index (χ3n) is 6.34. The van der Waals surface area contributed by atoms with Crippen LogP contribution in [0.4, 0.5) is 0 Å². The standard InChI is InChI=1S/C22H26N6O3/c1-26-11-10-15(25-26)22(29)27-13-20-23-24-21(28(20)17-7-5-4-6-16(17)27)14-8-9-18(30-2)19(12-14)31-3/h8-12,16-17H,4-7,13H2,1-3H3/t16-,17+/m0/s1. The quantitative estimate of drug-likeness (QED) is 0.643. The molecular formula is C22H26N6O3. The number of hydrogen-bond acceptors (Lipinski definition) is 6. The van der Waals surface area contributed by atoms with E-state index in [-0.39, 0.29) is 18.0 Å². The summed E-state index contributed by atoms with van der Waals surface area (Å²) < 4.78 is 14.7. The number of nitrogens with zero attached hydrogens (tertiary/aromatic N) is 6. The molecule has 1 aromatic carbocycles. The molecule has 0 saturated heterocycles. The Kier molecular flexibility index (Phi) is 4.88. The number of ether oxygens (including phenoxy) is 2. The van der Waals surface area contributed by atoms with Crippen LogP contribution in [0.3, 0.4) is 0 Å². The van der Waals surface area contributed by atoms with Crippen molar-refractivity contribution < 1.29 is 14.3 Å². The average Bonchev–Trinajstić information content (AvgIpc) is 3.44. The Morgan fingerprint density at radius 2 is 1.81 bits per heavy atom. The molecular weight excluding hydrogens is 396 g/mol. The summed E-state index contributed by atoms with van der Waals surface area (Å²) in [4.78, 5) is 15.2. The van der Waals surface area contributed by atoms with E-state index in [1.54, 1.807) is 31.2 Å². The van der Waals surface area contributed by atoms with Gasteiger partial charge in [-0.3, -0.25) is 9.48 Å². The molecule has 2 aliphatic rings. The van der Waals surface area contributed by atoms with E-state index in [1.807, 2.05) is 30.1 Å². The third kappa shape index (κ3) is 3.24. The number of carbonyl (C=O) groups is 1. The number of methoxy groups -OCH3 is 2. The van der Waals surface area contributed by atoms with Crippen molar-refractivity contribution in [2.24, 2.45) is 7.05 Å². The second-order valence-corrected chi connectivity index (χ2v) is 8.11. The van der Waals surface area contributed by atoms with E-state index in [9.17, 15) is 4.79 Å². The Hall–Kier alpha value is -3.36. The highest BCUT2D eigenvalue weighted by atomic mass is 16.5. The van der Waals surface area contributed by atoms with Gasteiger partial charge in [0.2, 0.25) is 0 Å². The summed E-state index contributed by atoms with van der Waals surface area (Å²) in [5, 5.41) is 13.3. The smallest absolute Gasteiger partial charge is 0.275 e. The molecule has 3 heterocycles. The SMILES string of the molecule is COc1ccc(-c2nnc3n2[C@@H]2CCCC[C@@H]2N(C(=O)c2ccn(C)n2)C3)cc1OC. The van der Waals surface area contributed by atoms with Crippen LogP contribution in [-0.4, -0.2) is 55.6 Å². The first-order chi connectivity index (χ1) is 15.1. The topological polar surface area (TPSA) is 87.3 Å². The lowest BCUT2D eigenvalue weighted by Crippen LogP contribution is -2.50. The molecule has 0 unspecified atom stereocenters. The zero-order valence-corrected chi connectivity index (χ0v) is 18.0. The molecule has 9 heteroatoms. The van der Waals surface area contributed by atoms with E-state index < -0.39 is 0 Å². The van der Waals surface area contributed by atoms with Crippen molar-refractivity contribution in [2.75, 3.05) is 14.2 Å². The van der Waals surface area contributed by atoms with Gasteiger partial charge in [-0.05, 0) is 37.1 Å². The molecule has 3 aromatic rings. The Morgan fingerprint density at radius 1 is 1.03 bits per heavy atom. The van der Waals surface area contributed by atoms with E-state index >= 15 is 0 Å². The number of aromatic nitrogens is 5. The van der Waals surface area contributed by atoms with Crippen LogP contribution in [0.1, 0.15) is 48.0 Å². The van der Waals surface area contributed by atoms with E-state index in [0.717, 1.165) is 42.9 Å². The maximum Gasteiger partial charge on any atom is 0.275 e. The molecule has 162 valence electrons. The number of carbonyl (C=O) groups excluding carboxylic acids is 1. The van der Waals surface area contributed by atoms with E-state index in [2.05, 4.69) is 19.9 Å². The minimum atomic E-state index is -0.0422. The van der Waals surface area contributed by atoms with Gasteiger partial charge >= 0.3 is 0 Å². The first-order valence-corrected chi connectivity index (χ1v) is 10.6. The normalized spacial score (nSPS) is 20.2. The summed E-state index contributed by atoms with van der Waals surface area (Å²) in [5.41, 5.74) is 1.39. The van der Waals surface area contributed by atoms with Crippen molar-refractivity contribution >= 4 is 5.91 Å². The van der Waals surface area contributed by atoms with Gasteiger partial charge in [-0.1, -0.05) is 12.8 Å². The van der Waals surface area contributed by atoms with Crippen molar-refractivity contribution in [1.82, 2.24) is 29.4 Å². The Balaban J connectivity index is 1.55. The molecule has 1 amide bonds. The summed E-state index contributed by atoms with van der Waals surface area (Å²) in [6.45, 7) is 0.427. The Labute approximate surface area is 180 Å². The number of benzene rings is 1. The summed E-state index contributed by atoms with van der Waals surface area (Å²) in [7, 11) is 5.07. The van der Waals surface area contributed by atoms with Gasteiger partial charge in [0.15, 0.2) is 23.1 Å². The van der Waals surface area contributed by atoms with E-state index in [4.69, 9.17) is 9.47 Å². The maximum absolute atomic E-state index is 13.3. The zero-order chi connectivity index (χ0) is 21.5. The van der Waals surface area contributed by atoms with Crippen LogP contribution in [0.25, 0.3) is 11.4 Å². The molecule has 5 rings (SSSR count). The second-order valence-electron chi connectivity index (χ2n) is 8.11. The first-order valence-electron chi connectivity index (χ1n) is 10.6. The molecule has 0 N–H and O–H groups in total. The molecule has 0 radical (unpaired) electrons. The Morgan fingerprint density at radius 3 is 2.52 bits per heavy atom. The van der Waals surface area contributed by atoms with Gasteiger partial charge in [0.25, 0.3) is 5.91 Å². The van der Waals surface area contributed by atoms with Crippen LogP contribution in [0.15, 0.2) is 30.5 Å². The van der Waals surface area contributed by atoms with Gasteiger partial charge in [0, 0.05) is 18.8 Å². The van der Waals surface area contributed by atoms with Crippen molar-refractivity contribution in [3.63, 3.8) is 0 Å². The Bertz CT molecular complexity index is 1120. The molecule has 2 atom stereocenters. The second kappa shape index (κ2) is 7.72. The van der Waals surface area contributed by atoms with Crippen molar-refractivity contribution in [3.05, 3.63) is 42.0 Å². The first kappa shape index (κ1) is 19.6. The van der Waals surface area contributed by atoms with Crippen LogP contribution >= 0.6 is 0 Å². The highest BCUT2D eigenvalue weighted by Gasteiger charge is 2.42. The van der Waals surface area contributed by atoms with Crippen LogP contribution in [0, 0.1) is 0 Å². The van der Waals surface area contributed by atoms with Crippen LogP contribution < -0.4 is 9.47 Å². The molecule has 1 fully saturated rings. The van der Waals surface area contributed by atoms with E-state index in [0.29, 0.717) is 23.7 Å². The van der Waals surface area contributed by atoms with Crippen molar-refractivity contribution in [3.8, 4) is 22.9 Å². The molecule has 9 nitrogen and oxygen atoms in total. The number of rotatable bonds is 4. The minimum Gasteiger partial charge on any atom is -0.493 e.